The Labute approximate surface area is 149 Å². The first-order valence-corrected chi connectivity index (χ1v) is 7.91. The molecule has 5 nitrogen and oxygen atoms in total. The second-order valence-electron chi connectivity index (χ2n) is 5.78. The number of carbonyl (C=O) groups is 2. The van der Waals surface area contributed by atoms with Crippen LogP contribution in [-0.2, 0) is 0 Å². The minimum absolute atomic E-state index is 0.00765. The Morgan fingerprint density at radius 2 is 1.35 bits per heavy atom. The molecule has 1 unspecified atom stereocenters. The number of rotatable bonds is 5. The van der Waals surface area contributed by atoms with E-state index in [4.69, 9.17) is 0 Å². The molecule has 3 aromatic rings. The Bertz CT molecular complexity index is 946. The molecule has 3 N–H and O–H groups in total. The average molecular weight is 348 g/mol. The van der Waals surface area contributed by atoms with Gasteiger partial charge in [0.1, 0.15) is 17.6 Å². The van der Waals surface area contributed by atoms with E-state index in [1.807, 2.05) is 0 Å². The largest absolute Gasteiger partial charge is 0.508 e. The number of hydrogen-bond acceptors (Lipinski definition) is 5. The molecule has 0 saturated heterocycles. The van der Waals surface area contributed by atoms with Gasteiger partial charge >= 0.3 is 0 Å². The van der Waals surface area contributed by atoms with Gasteiger partial charge in [0, 0.05) is 16.7 Å². The molecule has 0 aliphatic carbocycles. The van der Waals surface area contributed by atoms with E-state index >= 15 is 0 Å². The van der Waals surface area contributed by atoms with Gasteiger partial charge in [0.05, 0.1) is 0 Å². The van der Waals surface area contributed by atoms with Gasteiger partial charge in [0.25, 0.3) is 0 Å². The molecule has 1 atom stereocenters. The molecule has 0 amide bonds. The van der Waals surface area contributed by atoms with Gasteiger partial charge in [-0.15, -0.1) is 0 Å². The summed E-state index contributed by atoms with van der Waals surface area (Å²) in [6.07, 6.45) is -1.42. The predicted octanol–water partition coefficient (Wildman–Crippen LogP) is 3.25. The predicted molar refractivity (Wildman–Crippen MR) is 95.4 cm³/mol. The molecule has 26 heavy (non-hydrogen) atoms. The highest BCUT2D eigenvalue weighted by molar-refractivity contribution is 6.16. The maximum Gasteiger partial charge on any atom is 0.196 e. The Morgan fingerprint density at radius 1 is 0.731 bits per heavy atom. The third kappa shape index (κ3) is 3.48. The molecule has 5 heteroatoms. The van der Waals surface area contributed by atoms with Crippen LogP contribution in [0.4, 0.5) is 0 Å². The average Bonchev–Trinajstić information content (AvgIpc) is 2.67. The molecule has 0 saturated carbocycles. The first-order valence-electron chi connectivity index (χ1n) is 7.91. The van der Waals surface area contributed by atoms with Gasteiger partial charge in [-0.1, -0.05) is 30.3 Å². The lowest BCUT2D eigenvalue weighted by atomic mass is 9.92. The molecule has 3 aromatic carbocycles. The van der Waals surface area contributed by atoms with Crippen LogP contribution in [-0.4, -0.2) is 26.9 Å². The minimum atomic E-state index is -1.42. The van der Waals surface area contributed by atoms with Crippen molar-refractivity contribution >= 4 is 11.6 Å². The number of carbonyl (C=O) groups excluding carboxylic acids is 2. The number of ketones is 2. The van der Waals surface area contributed by atoms with Crippen LogP contribution in [0, 0.1) is 0 Å². The van der Waals surface area contributed by atoms with Gasteiger partial charge < -0.3 is 15.3 Å². The molecule has 0 aromatic heterocycles. The van der Waals surface area contributed by atoms with Crippen LogP contribution >= 0.6 is 0 Å². The molecule has 0 aliphatic heterocycles. The first kappa shape index (κ1) is 17.4. The summed E-state index contributed by atoms with van der Waals surface area (Å²) in [5, 5.41) is 29.5. The van der Waals surface area contributed by atoms with Gasteiger partial charge in [-0.25, -0.2) is 0 Å². The van der Waals surface area contributed by atoms with E-state index in [2.05, 4.69) is 0 Å². The third-order valence-corrected chi connectivity index (χ3v) is 4.01. The van der Waals surface area contributed by atoms with Gasteiger partial charge in [-0.05, 0) is 48.0 Å². The number of benzene rings is 3. The maximum atomic E-state index is 12.8. The molecule has 130 valence electrons. The van der Waals surface area contributed by atoms with Crippen LogP contribution in [0.5, 0.6) is 11.5 Å². The summed E-state index contributed by atoms with van der Waals surface area (Å²) in [7, 11) is 0. The van der Waals surface area contributed by atoms with Crippen molar-refractivity contribution in [1.82, 2.24) is 0 Å². The van der Waals surface area contributed by atoms with Crippen molar-refractivity contribution in [1.29, 1.82) is 0 Å². The van der Waals surface area contributed by atoms with E-state index in [0.717, 1.165) is 0 Å². The summed E-state index contributed by atoms with van der Waals surface area (Å²) in [5.74, 6) is -1.30. The molecule has 0 bridgehead atoms. The fraction of sp³-hybridized carbons (Fsp3) is 0.0476. The number of aliphatic hydroxyl groups is 1. The normalized spacial score (nSPS) is 11.7. The zero-order valence-electron chi connectivity index (χ0n) is 13.7. The fourth-order valence-corrected chi connectivity index (χ4v) is 2.64. The molecule has 0 heterocycles. The molecule has 0 radical (unpaired) electrons. The van der Waals surface area contributed by atoms with Crippen molar-refractivity contribution in [3.63, 3.8) is 0 Å². The van der Waals surface area contributed by atoms with Gasteiger partial charge in [-0.3, -0.25) is 9.59 Å². The number of phenols is 2. The number of hydrogen-bond donors (Lipinski definition) is 3. The van der Waals surface area contributed by atoms with Crippen LogP contribution in [0.25, 0.3) is 0 Å². The standard InChI is InChI=1S/C21H16O5/c22-15-8-6-14(7-9-15)19(24)18-12-16(23)10-11-17(18)21(26)20(25)13-4-2-1-3-5-13/h1-12,20,22-23,25H. The summed E-state index contributed by atoms with van der Waals surface area (Å²) >= 11 is 0. The van der Waals surface area contributed by atoms with Crippen molar-refractivity contribution in [2.75, 3.05) is 0 Å². The summed E-state index contributed by atoms with van der Waals surface area (Å²) in [6.45, 7) is 0. The van der Waals surface area contributed by atoms with Crippen LogP contribution in [0.15, 0.2) is 72.8 Å². The van der Waals surface area contributed by atoms with E-state index in [-0.39, 0.29) is 28.2 Å². The number of Topliss-reactive ketones (excluding diaryl/α,β-unsaturated/α-hetero) is 1. The molecular formula is C21H16O5. The summed E-state index contributed by atoms with van der Waals surface area (Å²) < 4.78 is 0. The highest BCUT2D eigenvalue weighted by Gasteiger charge is 2.25. The van der Waals surface area contributed by atoms with Crippen LogP contribution < -0.4 is 0 Å². The molecular weight excluding hydrogens is 332 g/mol. The number of phenolic OH excluding ortho intramolecular Hbond substituents is 2. The zero-order chi connectivity index (χ0) is 18.7. The van der Waals surface area contributed by atoms with Crippen molar-refractivity contribution in [3.8, 4) is 11.5 Å². The summed E-state index contributed by atoms with van der Waals surface area (Å²) in [4.78, 5) is 25.5. The van der Waals surface area contributed by atoms with Crippen molar-refractivity contribution in [2.45, 2.75) is 6.10 Å². The van der Waals surface area contributed by atoms with Crippen LogP contribution in [0.1, 0.15) is 37.9 Å². The monoisotopic (exact) mass is 348 g/mol. The Balaban J connectivity index is 2.02. The van der Waals surface area contributed by atoms with Crippen molar-refractivity contribution in [3.05, 3.63) is 95.1 Å². The quantitative estimate of drug-likeness (QED) is 0.615. The molecule has 0 spiro atoms. The Hall–Kier alpha value is -3.44. The Kier molecular flexibility index (Phi) is 4.82. The molecule has 3 rings (SSSR count). The van der Waals surface area contributed by atoms with Crippen molar-refractivity contribution < 1.29 is 24.9 Å². The van der Waals surface area contributed by atoms with Crippen molar-refractivity contribution in [2.24, 2.45) is 0 Å². The van der Waals surface area contributed by atoms with Gasteiger partial charge in [0.15, 0.2) is 11.6 Å². The second-order valence-corrected chi connectivity index (χ2v) is 5.78. The lowest BCUT2D eigenvalue weighted by Crippen LogP contribution is -2.16. The van der Waals surface area contributed by atoms with E-state index in [9.17, 15) is 24.9 Å². The van der Waals surface area contributed by atoms with E-state index in [0.29, 0.717) is 5.56 Å². The van der Waals surface area contributed by atoms with Gasteiger partial charge in [-0.2, -0.15) is 0 Å². The first-order chi connectivity index (χ1) is 12.5. The van der Waals surface area contributed by atoms with E-state index < -0.39 is 17.7 Å². The van der Waals surface area contributed by atoms with Crippen LogP contribution in [0.3, 0.4) is 0 Å². The molecule has 0 aliphatic rings. The SMILES string of the molecule is O=C(c1ccc(O)cc1)c1cc(O)ccc1C(=O)C(O)c1ccccc1. The highest BCUT2D eigenvalue weighted by Crippen LogP contribution is 2.26. The lowest BCUT2D eigenvalue weighted by molar-refractivity contribution is 0.0744. The summed E-state index contributed by atoms with van der Waals surface area (Å²) in [6, 6.07) is 17.8. The summed E-state index contributed by atoms with van der Waals surface area (Å²) in [5.41, 5.74) is 0.651. The smallest absolute Gasteiger partial charge is 0.196 e. The topological polar surface area (TPSA) is 94.8 Å². The minimum Gasteiger partial charge on any atom is -0.508 e. The van der Waals surface area contributed by atoms with E-state index in [1.54, 1.807) is 30.3 Å². The number of aromatic hydroxyl groups is 2. The highest BCUT2D eigenvalue weighted by atomic mass is 16.3. The maximum absolute atomic E-state index is 12.8. The van der Waals surface area contributed by atoms with Crippen LogP contribution in [0.2, 0.25) is 0 Å². The zero-order valence-corrected chi connectivity index (χ0v) is 13.7. The van der Waals surface area contributed by atoms with Gasteiger partial charge in [0.2, 0.25) is 0 Å². The van der Waals surface area contributed by atoms with E-state index in [1.165, 1.54) is 42.5 Å². The second kappa shape index (κ2) is 7.21. The fourth-order valence-electron chi connectivity index (χ4n) is 2.64. The number of aliphatic hydroxyl groups excluding tert-OH is 1. The third-order valence-electron chi connectivity index (χ3n) is 4.01. The lowest BCUT2D eigenvalue weighted by Gasteiger charge is -2.13. The Morgan fingerprint density at radius 3 is 2.00 bits per heavy atom. The molecule has 0 fully saturated rings.